The Bertz CT molecular complexity index is 930. The summed E-state index contributed by atoms with van der Waals surface area (Å²) in [5, 5.41) is 6.10. The van der Waals surface area contributed by atoms with Crippen LogP contribution in [0.15, 0.2) is 71.9 Å². The number of hydrogen-bond donors (Lipinski definition) is 2. The summed E-state index contributed by atoms with van der Waals surface area (Å²) in [5.74, 6) is -0.329. The van der Waals surface area contributed by atoms with Crippen molar-refractivity contribution >= 4 is 35.3 Å². The lowest BCUT2D eigenvalue weighted by atomic mass is 9.91. The zero-order valence-corrected chi connectivity index (χ0v) is 16.4. The van der Waals surface area contributed by atoms with Crippen molar-refractivity contribution in [3.63, 3.8) is 0 Å². The molecule has 0 saturated carbocycles. The quantitative estimate of drug-likeness (QED) is 0.723. The van der Waals surface area contributed by atoms with Crippen LogP contribution < -0.4 is 10.6 Å². The van der Waals surface area contributed by atoms with Gasteiger partial charge in [0.1, 0.15) is 5.54 Å². The van der Waals surface area contributed by atoms with Crippen molar-refractivity contribution < 1.29 is 9.59 Å². The number of nitrogens with zero attached hydrogens (tertiary/aromatic N) is 1. The first-order valence-electron chi connectivity index (χ1n) is 9.03. The molecule has 144 valence electrons. The molecule has 2 aliphatic rings. The number of carbonyl (C=O) groups is 2. The first kappa shape index (κ1) is 19.8. The molecule has 1 unspecified atom stereocenters. The minimum Gasteiger partial charge on any atom is -0.337 e. The number of anilines is 1. The second-order valence-electron chi connectivity index (χ2n) is 7.01. The fraction of sp³-hybridized carbons (Fsp3) is 0.227. The highest BCUT2D eigenvalue weighted by Gasteiger charge is 2.39. The predicted octanol–water partition coefficient (Wildman–Crippen LogP) is 4.44. The molecule has 0 aliphatic carbocycles. The first-order chi connectivity index (χ1) is 13.4. The third-order valence-corrected chi connectivity index (χ3v) is 4.99. The van der Waals surface area contributed by atoms with Crippen LogP contribution in [0, 0.1) is 5.92 Å². The van der Waals surface area contributed by atoms with E-state index in [1.165, 1.54) is 0 Å². The van der Waals surface area contributed by atoms with Crippen LogP contribution in [0.3, 0.4) is 0 Å². The molecular weight excluding hydrogens is 374 g/mol. The molecule has 2 N–H and O–H groups in total. The summed E-state index contributed by atoms with van der Waals surface area (Å²) in [6.45, 7) is 5.55. The van der Waals surface area contributed by atoms with E-state index in [4.69, 9.17) is 11.6 Å². The Balaban J connectivity index is 1.78. The third-order valence-electron chi connectivity index (χ3n) is 4.76. The number of halogens is 1. The van der Waals surface area contributed by atoms with Gasteiger partial charge in [0.05, 0.1) is 11.3 Å². The van der Waals surface area contributed by atoms with Gasteiger partial charge in [0, 0.05) is 29.8 Å². The second kappa shape index (κ2) is 8.40. The summed E-state index contributed by atoms with van der Waals surface area (Å²) in [6.07, 6.45) is 14.5. The number of hydrogen-bond acceptors (Lipinski definition) is 3. The van der Waals surface area contributed by atoms with E-state index in [-0.39, 0.29) is 11.8 Å². The molecule has 2 atom stereocenters. The molecule has 0 saturated heterocycles. The second-order valence-corrected chi connectivity index (χ2v) is 7.45. The van der Waals surface area contributed by atoms with Gasteiger partial charge in [-0.3, -0.25) is 14.6 Å². The summed E-state index contributed by atoms with van der Waals surface area (Å²) < 4.78 is 0. The molecule has 2 amide bonds. The molecule has 0 radical (unpaired) electrons. The van der Waals surface area contributed by atoms with Crippen LogP contribution in [0.25, 0.3) is 0 Å². The Morgan fingerprint density at radius 2 is 2.25 bits per heavy atom. The maximum Gasteiger partial charge on any atom is 0.254 e. The highest BCUT2D eigenvalue weighted by molar-refractivity contribution is 6.31. The Morgan fingerprint density at radius 1 is 1.43 bits per heavy atom. The van der Waals surface area contributed by atoms with Crippen molar-refractivity contribution in [1.29, 1.82) is 0 Å². The molecule has 6 heteroatoms. The van der Waals surface area contributed by atoms with E-state index < -0.39 is 5.54 Å². The number of carbonyl (C=O) groups excluding carboxylic acids is 2. The Kier molecular flexibility index (Phi) is 5.95. The number of benzene rings is 1. The topological polar surface area (TPSA) is 70.6 Å². The lowest BCUT2D eigenvalue weighted by Crippen LogP contribution is -2.53. The summed E-state index contributed by atoms with van der Waals surface area (Å²) >= 11 is 6.00. The minimum absolute atomic E-state index is 0.287. The first-order valence-corrected chi connectivity index (χ1v) is 9.41. The zero-order chi connectivity index (χ0) is 20.1. The lowest BCUT2D eigenvalue weighted by molar-refractivity contribution is -0.121. The van der Waals surface area contributed by atoms with Gasteiger partial charge in [0.25, 0.3) is 5.91 Å². The highest BCUT2D eigenvalue weighted by atomic mass is 35.5. The van der Waals surface area contributed by atoms with Crippen LogP contribution in [0.5, 0.6) is 0 Å². The van der Waals surface area contributed by atoms with E-state index in [0.29, 0.717) is 28.6 Å². The van der Waals surface area contributed by atoms with Crippen LogP contribution in [0.1, 0.15) is 30.1 Å². The van der Waals surface area contributed by atoms with Crippen molar-refractivity contribution in [1.82, 2.24) is 5.32 Å². The van der Waals surface area contributed by atoms with Crippen molar-refractivity contribution in [2.24, 2.45) is 10.9 Å². The van der Waals surface area contributed by atoms with Gasteiger partial charge in [0.2, 0.25) is 5.91 Å². The predicted molar refractivity (Wildman–Crippen MR) is 114 cm³/mol. The summed E-state index contributed by atoms with van der Waals surface area (Å²) in [5.41, 5.74) is 0.518. The number of rotatable bonds is 5. The van der Waals surface area contributed by atoms with Gasteiger partial charge < -0.3 is 10.6 Å². The normalized spacial score (nSPS) is 24.5. The van der Waals surface area contributed by atoms with Crippen molar-refractivity contribution in [2.45, 2.75) is 25.3 Å². The SMILES string of the molecule is C=C/C(=C\C=C\C1C=CN=CC1)C[C@]1(C)NC(=O)c2cc(Cl)ccc2NC1=O. The summed E-state index contributed by atoms with van der Waals surface area (Å²) in [7, 11) is 0. The van der Waals surface area contributed by atoms with E-state index in [2.05, 4.69) is 28.3 Å². The Labute approximate surface area is 169 Å². The van der Waals surface area contributed by atoms with Gasteiger partial charge in [-0.1, -0.05) is 48.6 Å². The Morgan fingerprint density at radius 3 is 2.96 bits per heavy atom. The molecular formula is C22H22ClN3O2. The monoisotopic (exact) mass is 395 g/mol. The molecule has 2 aliphatic heterocycles. The molecule has 0 spiro atoms. The number of aliphatic imine (C=N–C) groups is 1. The molecule has 0 fully saturated rings. The van der Waals surface area contributed by atoms with Gasteiger partial charge in [-0.05, 0) is 37.1 Å². The van der Waals surface area contributed by atoms with Gasteiger partial charge in [-0.2, -0.15) is 0 Å². The van der Waals surface area contributed by atoms with E-state index in [1.54, 1.807) is 37.4 Å². The summed E-state index contributed by atoms with van der Waals surface area (Å²) in [6, 6.07) is 4.82. The fourth-order valence-electron chi connectivity index (χ4n) is 3.13. The lowest BCUT2D eigenvalue weighted by Gasteiger charge is -2.27. The molecule has 3 rings (SSSR count). The van der Waals surface area contributed by atoms with Crippen LogP contribution >= 0.6 is 11.6 Å². The number of amides is 2. The number of allylic oxidation sites excluding steroid dienone is 5. The average molecular weight is 396 g/mol. The average Bonchev–Trinajstić information content (AvgIpc) is 2.77. The number of nitrogens with one attached hydrogen (secondary N) is 2. The fourth-order valence-corrected chi connectivity index (χ4v) is 3.30. The molecule has 1 aromatic carbocycles. The highest BCUT2D eigenvalue weighted by Crippen LogP contribution is 2.28. The Hall–Kier alpha value is -2.92. The van der Waals surface area contributed by atoms with Crippen LogP contribution in [0.4, 0.5) is 5.69 Å². The van der Waals surface area contributed by atoms with Gasteiger partial charge >= 0.3 is 0 Å². The zero-order valence-electron chi connectivity index (χ0n) is 15.6. The third kappa shape index (κ3) is 4.49. The van der Waals surface area contributed by atoms with Crippen LogP contribution in [-0.4, -0.2) is 23.6 Å². The largest absolute Gasteiger partial charge is 0.337 e. The molecule has 0 aromatic heterocycles. The van der Waals surface area contributed by atoms with E-state index in [9.17, 15) is 9.59 Å². The van der Waals surface area contributed by atoms with Crippen LogP contribution in [0.2, 0.25) is 5.02 Å². The van der Waals surface area contributed by atoms with Gasteiger partial charge in [-0.15, -0.1) is 0 Å². The number of fused-ring (bicyclic) bond motifs is 1. The minimum atomic E-state index is -1.12. The van der Waals surface area contributed by atoms with Crippen molar-refractivity contribution in [2.75, 3.05) is 5.32 Å². The van der Waals surface area contributed by atoms with E-state index in [0.717, 1.165) is 12.0 Å². The van der Waals surface area contributed by atoms with E-state index in [1.807, 2.05) is 24.4 Å². The molecule has 1 aromatic rings. The smallest absolute Gasteiger partial charge is 0.254 e. The molecule has 28 heavy (non-hydrogen) atoms. The van der Waals surface area contributed by atoms with Crippen molar-refractivity contribution in [3.05, 3.63) is 77.5 Å². The standard InChI is InChI=1S/C22H22ClN3O2/c1-3-15(5-4-6-16-9-11-24-12-10-16)14-22(2)21(28)25-19-8-7-17(23)13-18(19)20(27)26-22/h3-9,11-13,16H,1,10,14H2,2H3,(H,25,28)(H,26,27)/b6-4+,15-5+/t16?,22-/m0/s1. The van der Waals surface area contributed by atoms with E-state index >= 15 is 0 Å². The maximum absolute atomic E-state index is 12.8. The van der Waals surface area contributed by atoms with Crippen molar-refractivity contribution in [3.8, 4) is 0 Å². The maximum atomic E-state index is 12.8. The summed E-state index contributed by atoms with van der Waals surface area (Å²) in [4.78, 5) is 29.6. The molecule has 5 nitrogen and oxygen atoms in total. The van der Waals surface area contributed by atoms with Gasteiger partial charge in [0.15, 0.2) is 0 Å². The van der Waals surface area contributed by atoms with Crippen LogP contribution in [-0.2, 0) is 4.79 Å². The van der Waals surface area contributed by atoms with Gasteiger partial charge in [-0.25, -0.2) is 0 Å². The molecule has 0 bridgehead atoms. The molecule has 2 heterocycles.